The third-order valence-corrected chi connectivity index (χ3v) is 2.93. The fourth-order valence-electron chi connectivity index (χ4n) is 1.99. The van der Waals surface area contributed by atoms with Gasteiger partial charge in [-0.15, -0.1) is 0 Å². The van der Waals surface area contributed by atoms with E-state index in [0.717, 1.165) is 16.8 Å². The van der Waals surface area contributed by atoms with Crippen molar-refractivity contribution in [2.75, 3.05) is 6.61 Å². The Morgan fingerprint density at radius 2 is 1.94 bits per heavy atom. The summed E-state index contributed by atoms with van der Waals surface area (Å²) in [5, 5.41) is 0. The maximum atomic E-state index is 11.5. The molecule has 0 unspecified atom stereocenters. The van der Waals surface area contributed by atoms with Crippen molar-refractivity contribution in [3.8, 4) is 11.1 Å². The van der Waals surface area contributed by atoms with E-state index < -0.39 is 0 Å². The van der Waals surface area contributed by atoms with Crippen LogP contribution in [0.5, 0.6) is 0 Å². The first-order valence-corrected chi connectivity index (χ1v) is 6.09. The normalized spacial score (nSPS) is 10.3. The minimum Gasteiger partial charge on any atom is -0.465 e. The van der Waals surface area contributed by atoms with Crippen molar-refractivity contribution in [1.82, 2.24) is 4.57 Å². The standard InChI is InChI=1S/C15H17NO2/c1-3-18-15(17)11-16-10-9-14(12(16)2)13-7-5-4-6-8-13/h4-10H,3,11H2,1-2H3. The van der Waals surface area contributed by atoms with Gasteiger partial charge in [0.05, 0.1) is 6.61 Å². The molecule has 0 spiro atoms. The SMILES string of the molecule is CCOC(=O)Cn1ccc(-c2ccccc2)c1C. The van der Waals surface area contributed by atoms with Crippen molar-refractivity contribution in [3.05, 3.63) is 48.3 Å². The third-order valence-electron chi connectivity index (χ3n) is 2.93. The summed E-state index contributed by atoms with van der Waals surface area (Å²) in [6, 6.07) is 12.2. The Kier molecular flexibility index (Phi) is 3.82. The third kappa shape index (κ3) is 2.62. The molecule has 94 valence electrons. The quantitative estimate of drug-likeness (QED) is 0.773. The zero-order valence-corrected chi connectivity index (χ0v) is 10.7. The van der Waals surface area contributed by atoms with Crippen molar-refractivity contribution in [1.29, 1.82) is 0 Å². The van der Waals surface area contributed by atoms with Crippen molar-refractivity contribution >= 4 is 5.97 Å². The predicted molar refractivity (Wildman–Crippen MR) is 71.2 cm³/mol. The summed E-state index contributed by atoms with van der Waals surface area (Å²) in [4.78, 5) is 11.5. The maximum absolute atomic E-state index is 11.5. The summed E-state index contributed by atoms with van der Waals surface area (Å²) >= 11 is 0. The van der Waals surface area contributed by atoms with E-state index in [9.17, 15) is 4.79 Å². The van der Waals surface area contributed by atoms with E-state index in [4.69, 9.17) is 4.74 Å². The Bertz CT molecular complexity index is 529. The molecule has 0 saturated heterocycles. The number of ether oxygens (including phenoxy) is 1. The highest BCUT2D eigenvalue weighted by Crippen LogP contribution is 2.23. The van der Waals surface area contributed by atoms with Gasteiger partial charge in [0.25, 0.3) is 0 Å². The van der Waals surface area contributed by atoms with Crippen LogP contribution in [0.15, 0.2) is 42.6 Å². The highest BCUT2D eigenvalue weighted by molar-refractivity contribution is 5.71. The van der Waals surface area contributed by atoms with Gasteiger partial charge in [-0.25, -0.2) is 0 Å². The minimum absolute atomic E-state index is 0.198. The summed E-state index contributed by atoms with van der Waals surface area (Å²) in [6.45, 7) is 4.52. The Morgan fingerprint density at radius 1 is 1.22 bits per heavy atom. The molecule has 1 aromatic carbocycles. The van der Waals surface area contributed by atoms with E-state index in [1.807, 2.05) is 48.9 Å². The van der Waals surface area contributed by atoms with E-state index in [2.05, 4.69) is 12.1 Å². The Balaban J connectivity index is 2.22. The molecule has 0 aliphatic carbocycles. The lowest BCUT2D eigenvalue weighted by atomic mass is 10.1. The van der Waals surface area contributed by atoms with E-state index in [1.54, 1.807) is 0 Å². The number of carbonyl (C=O) groups is 1. The molecule has 1 aromatic heterocycles. The molecule has 0 aliphatic rings. The smallest absolute Gasteiger partial charge is 0.325 e. The second kappa shape index (κ2) is 5.54. The minimum atomic E-state index is -0.198. The molecule has 2 aromatic rings. The van der Waals surface area contributed by atoms with Crippen LogP contribution in [0.1, 0.15) is 12.6 Å². The fraction of sp³-hybridized carbons (Fsp3) is 0.267. The Morgan fingerprint density at radius 3 is 2.61 bits per heavy atom. The van der Waals surface area contributed by atoms with Gasteiger partial charge < -0.3 is 9.30 Å². The van der Waals surface area contributed by atoms with E-state index >= 15 is 0 Å². The number of rotatable bonds is 4. The molecule has 18 heavy (non-hydrogen) atoms. The first-order chi connectivity index (χ1) is 8.72. The molecular formula is C15H17NO2. The van der Waals surface area contributed by atoms with Crippen molar-refractivity contribution < 1.29 is 9.53 Å². The molecule has 1 heterocycles. The largest absolute Gasteiger partial charge is 0.465 e. The number of esters is 1. The number of hydrogen-bond acceptors (Lipinski definition) is 2. The molecule has 0 bridgehead atoms. The Labute approximate surface area is 107 Å². The topological polar surface area (TPSA) is 31.2 Å². The zero-order chi connectivity index (χ0) is 13.0. The van der Waals surface area contributed by atoms with Gasteiger partial charge in [-0.05, 0) is 25.5 Å². The Hall–Kier alpha value is -2.03. The van der Waals surface area contributed by atoms with Crippen LogP contribution in [0, 0.1) is 6.92 Å². The van der Waals surface area contributed by atoms with Crippen LogP contribution in [0.2, 0.25) is 0 Å². The summed E-state index contributed by atoms with van der Waals surface area (Å²) in [6.07, 6.45) is 1.93. The molecule has 0 atom stereocenters. The molecule has 2 rings (SSSR count). The number of nitrogens with zero attached hydrogens (tertiary/aromatic N) is 1. The number of aromatic nitrogens is 1. The van der Waals surface area contributed by atoms with Crippen LogP contribution in [0.4, 0.5) is 0 Å². The van der Waals surface area contributed by atoms with Crippen molar-refractivity contribution in [2.45, 2.75) is 20.4 Å². The van der Waals surface area contributed by atoms with E-state index in [-0.39, 0.29) is 12.5 Å². The average molecular weight is 243 g/mol. The molecule has 0 radical (unpaired) electrons. The van der Waals surface area contributed by atoms with Gasteiger partial charge >= 0.3 is 5.97 Å². The van der Waals surface area contributed by atoms with Gasteiger partial charge in [0.2, 0.25) is 0 Å². The summed E-state index contributed by atoms with van der Waals surface area (Å²) in [5.74, 6) is -0.198. The van der Waals surface area contributed by atoms with Crippen LogP contribution in [-0.2, 0) is 16.1 Å². The van der Waals surface area contributed by atoms with Gasteiger partial charge in [-0.3, -0.25) is 4.79 Å². The highest BCUT2D eigenvalue weighted by atomic mass is 16.5. The molecule has 3 heteroatoms. The van der Waals surface area contributed by atoms with Crippen LogP contribution in [0.3, 0.4) is 0 Å². The summed E-state index contributed by atoms with van der Waals surface area (Å²) in [5.41, 5.74) is 3.40. The average Bonchev–Trinajstić information content (AvgIpc) is 2.72. The summed E-state index contributed by atoms with van der Waals surface area (Å²) < 4.78 is 6.87. The molecule has 0 amide bonds. The van der Waals surface area contributed by atoms with Crippen molar-refractivity contribution in [2.24, 2.45) is 0 Å². The molecule has 0 N–H and O–H groups in total. The fourth-order valence-corrected chi connectivity index (χ4v) is 1.99. The maximum Gasteiger partial charge on any atom is 0.325 e. The number of hydrogen-bond donors (Lipinski definition) is 0. The van der Waals surface area contributed by atoms with Gasteiger partial charge in [-0.2, -0.15) is 0 Å². The van der Waals surface area contributed by atoms with Crippen LogP contribution < -0.4 is 0 Å². The highest BCUT2D eigenvalue weighted by Gasteiger charge is 2.09. The number of carbonyl (C=O) groups excluding carboxylic acids is 1. The first kappa shape index (κ1) is 12.4. The van der Waals surface area contributed by atoms with Gasteiger partial charge in [0.15, 0.2) is 0 Å². The molecule has 3 nitrogen and oxygen atoms in total. The molecular weight excluding hydrogens is 226 g/mol. The van der Waals surface area contributed by atoms with E-state index in [0.29, 0.717) is 6.61 Å². The first-order valence-electron chi connectivity index (χ1n) is 6.09. The monoisotopic (exact) mass is 243 g/mol. The van der Waals surface area contributed by atoms with Crippen molar-refractivity contribution in [3.63, 3.8) is 0 Å². The van der Waals surface area contributed by atoms with E-state index in [1.165, 1.54) is 0 Å². The van der Waals surface area contributed by atoms with Crippen LogP contribution in [0.25, 0.3) is 11.1 Å². The second-order valence-corrected chi connectivity index (χ2v) is 4.11. The second-order valence-electron chi connectivity index (χ2n) is 4.11. The molecule has 0 saturated carbocycles. The van der Waals surface area contributed by atoms with Gasteiger partial charge in [0.1, 0.15) is 6.54 Å². The van der Waals surface area contributed by atoms with Crippen LogP contribution >= 0.6 is 0 Å². The van der Waals surface area contributed by atoms with Gasteiger partial charge in [-0.1, -0.05) is 30.3 Å². The lowest BCUT2D eigenvalue weighted by Gasteiger charge is -2.07. The predicted octanol–water partition coefficient (Wildman–Crippen LogP) is 3.03. The van der Waals surface area contributed by atoms with Crippen LogP contribution in [-0.4, -0.2) is 17.1 Å². The lowest BCUT2D eigenvalue weighted by Crippen LogP contribution is -2.13. The lowest BCUT2D eigenvalue weighted by molar-refractivity contribution is -0.143. The molecule has 0 fully saturated rings. The zero-order valence-electron chi connectivity index (χ0n) is 10.7. The summed E-state index contributed by atoms with van der Waals surface area (Å²) in [7, 11) is 0. The molecule has 0 aliphatic heterocycles. The van der Waals surface area contributed by atoms with Gasteiger partial charge in [0, 0.05) is 17.5 Å². The number of benzene rings is 1.